The first-order valence-corrected chi connectivity index (χ1v) is 6.35. The van der Waals surface area contributed by atoms with E-state index in [1.807, 2.05) is 0 Å². The molecule has 0 unspecified atom stereocenters. The fourth-order valence-electron chi connectivity index (χ4n) is 1.91. The fraction of sp³-hybridized carbons (Fsp3) is 0.231. The Morgan fingerprint density at radius 1 is 1.33 bits per heavy atom. The van der Waals surface area contributed by atoms with Crippen LogP contribution in [0.15, 0.2) is 18.2 Å². The van der Waals surface area contributed by atoms with Gasteiger partial charge in [-0.05, 0) is 25.0 Å². The number of phenols is 1. The quantitative estimate of drug-likeness (QED) is 0.628. The first kappa shape index (κ1) is 13.1. The Morgan fingerprint density at radius 3 is 2.76 bits per heavy atom. The van der Waals surface area contributed by atoms with Gasteiger partial charge in [0.25, 0.3) is 5.91 Å². The summed E-state index contributed by atoms with van der Waals surface area (Å²) in [4.78, 5) is 27.0. The highest BCUT2D eigenvalue weighted by Crippen LogP contribution is 2.37. The summed E-state index contributed by atoms with van der Waals surface area (Å²) in [5.41, 5.74) is -0.292. The molecular formula is C13H12N4O4. The lowest BCUT2D eigenvalue weighted by Gasteiger charge is -2.07. The number of nitrogens with one attached hydrogen (secondary N) is 2. The molecule has 8 heteroatoms. The molecule has 1 aliphatic carbocycles. The van der Waals surface area contributed by atoms with Crippen molar-refractivity contribution in [3.05, 3.63) is 35.4 Å². The van der Waals surface area contributed by atoms with E-state index in [2.05, 4.69) is 20.5 Å². The van der Waals surface area contributed by atoms with E-state index in [0.29, 0.717) is 11.7 Å². The standard InChI is InChI=1S/C13H12N4O4/c18-9-7(13(20)21)2-1-3-8(9)14-12(19)11-15-10(16-17-11)6-4-5-6/h1-3,6,18H,4-5H2,(H,14,19)(H,20,21)(H,15,16,17). The minimum Gasteiger partial charge on any atom is -0.505 e. The van der Waals surface area contributed by atoms with Gasteiger partial charge in [0.1, 0.15) is 11.4 Å². The molecule has 1 aromatic heterocycles. The zero-order valence-corrected chi connectivity index (χ0v) is 10.8. The second-order valence-corrected chi connectivity index (χ2v) is 4.78. The van der Waals surface area contributed by atoms with Gasteiger partial charge in [-0.25, -0.2) is 9.78 Å². The largest absolute Gasteiger partial charge is 0.505 e. The van der Waals surface area contributed by atoms with Gasteiger partial charge >= 0.3 is 5.97 Å². The van der Waals surface area contributed by atoms with E-state index in [1.54, 1.807) is 0 Å². The van der Waals surface area contributed by atoms with Gasteiger partial charge in [-0.2, -0.15) is 0 Å². The minimum absolute atomic E-state index is 0.00216. The van der Waals surface area contributed by atoms with E-state index >= 15 is 0 Å². The predicted octanol–water partition coefficient (Wildman–Crippen LogP) is 1.34. The molecule has 0 bridgehead atoms. The number of rotatable bonds is 4. The number of anilines is 1. The van der Waals surface area contributed by atoms with Crippen molar-refractivity contribution in [2.45, 2.75) is 18.8 Å². The van der Waals surface area contributed by atoms with Crippen LogP contribution in [0.3, 0.4) is 0 Å². The zero-order valence-electron chi connectivity index (χ0n) is 10.8. The molecule has 4 N–H and O–H groups in total. The summed E-state index contributed by atoms with van der Waals surface area (Å²) in [5, 5.41) is 27.6. The topological polar surface area (TPSA) is 128 Å². The molecular weight excluding hydrogens is 276 g/mol. The highest BCUT2D eigenvalue weighted by molar-refractivity contribution is 6.04. The summed E-state index contributed by atoms with van der Waals surface area (Å²) in [5.74, 6) is -1.44. The molecule has 0 atom stereocenters. The van der Waals surface area contributed by atoms with Crippen molar-refractivity contribution in [2.24, 2.45) is 0 Å². The summed E-state index contributed by atoms with van der Waals surface area (Å²) in [6.45, 7) is 0. The minimum atomic E-state index is -1.28. The van der Waals surface area contributed by atoms with E-state index in [4.69, 9.17) is 5.11 Å². The first-order chi connectivity index (χ1) is 10.1. The number of aromatic amines is 1. The second-order valence-electron chi connectivity index (χ2n) is 4.78. The van der Waals surface area contributed by atoms with Crippen LogP contribution in [0.1, 0.15) is 45.6 Å². The van der Waals surface area contributed by atoms with Crippen LogP contribution in [0, 0.1) is 0 Å². The molecule has 8 nitrogen and oxygen atoms in total. The number of amides is 1. The maximum atomic E-state index is 12.0. The van der Waals surface area contributed by atoms with Crippen LogP contribution in [0.25, 0.3) is 0 Å². The third-order valence-corrected chi connectivity index (χ3v) is 3.18. The molecule has 0 spiro atoms. The number of carbonyl (C=O) groups is 2. The number of aromatic hydroxyl groups is 1. The van der Waals surface area contributed by atoms with Crippen molar-refractivity contribution >= 4 is 17.6 Å². The Kier molecular flexibility index (Phi) is 3.05. The Morgan fingerprint density at radius 2 is 2.10 bits per heavy atom. The lowest BCUT2D eigenvalue weighted by molar-refractivity contribution is 0.0693. The van der Waals surface area contributed by atoms with Crippen molar-refractivity contribution in [1.82, 2.24) is 15.2 Å². The van der Waals surface area contributed by atoms with Crippen LogP contribution < -0.4 is 5.32 Å². The summed E-state index contributed by atoms with van der Waals surface area (Å²) in [6, 6.07) is 4.06. The lowest BCUT2D eigenvalue weighted by atomic mass is 10.1. The monoisotopic (exact) mass is 288 g/mol. The normalized spacial score (nSPS) is 13.9. The predicted molar refractivity (Wildman–Crippen MR) is 71.4 cm³/mol. The van der Waals surface area contributed by atoms with Crippen LogP contribution in [0.2, 0.25) is 0 Å². The molecule has 0 radical (unpaired) electrons. The highest BCUT2D eigenvalue weighted by Gasteiger charge is 2.28. The van der Waals surface area contributed by atoms with Crippen molar-refractivity contribution in [2.75, 3.05) is 5.32 Å². The lowest BCUT2D eigenvalue weighted by Crippen LogP contribution is -2.14. The van der Waals surface area contributed by atoms with Crippen LogP contribution in [0.5, 0.6) is 5.75 Å². The molecule has 21 heavy (non-hydrogen) atoms. The maximum Gasteiger partial charge on any atom is 0.339 e. The van der Waals surface area contributed by atoms with E-state index in [9.17, 15) is 14.7 Å². The number of carbonyl (C=O) groups excluding carboxylic acids is 1. The molecule has 0 saturated heterocycles. The Hall–Kier alpha value is -2.90. The van der Waals surface area contributed by atoms with Gasteiger partial charge < -0.3 is 15.5 Å². The summed E-state index contributed by atoms with van der Waals surface area (Å²) in [6.07, 6.45) is 2.05. The van der Waals surface area contributed by atoms with Crippen LogP contribution in [-0.2, 0) is 0 Å². The van der Waals surface area contributed by atoms with Crippen molar-refractivity contribution in [3.8, 4) is 5.75 Å². The molecule has 2 aromatic rings. The van der Waals surface area contributed by atoms with Gasteiger partial charge in [0.2, 0.25) is 5.82 Å². The number of hydrogen-bond acceptors (Lipinski definition) is 5. The molecule has 1 saturated carbocycles. The summed E-state index contributed by atoms with van der Waals surface area (Å²) >= 11 is 0. The van der Waals surface area contributed by atoms with Crippen molar-refractivity contribution in [1.29, 1.82) is 0 Å². The van der Waals surface area contributed by atoms with Gasteiger partial charge in [-0.15, -0.1) is 5.10 Å². The molecule has 3 rings (SSSR count). The van der Waals surface area contributed by atoms with Crippen molar-refractivity contribution < 1.29 is 19.8 Å². The second kappa shape index (κ2) is 4.89. The van der Waals surface area contributed by atoms with Gasteiger partial charge in [0.15, 0.2) is 5.75 Å². The van der Waals surface area contributed by atoms with Gasteiger partial charge in [-0.3, -0.25) is 9.89 Å². The summed E-state index contributed by atoms with van der Waals surface area (Å²) < 4.78 is 0. The number of benzene rings is 1. The van der Waals surface area contributed by atoms with Crippen LogP contribution >= 0.6 is 0 Å². The molecule has 1 fully saturated rings. The Balaban J connectivity index is 1.80. The molecule has 1 amide bonds. The third kappa shape index (κ3) is 2.55. The number of H-pyrrole nitrogens is 1. The molecule has 1 heterocycles. The SMILES string of the molecule is O=C(Nc1cccc(C(=O)O)c1O)c1n[nH]c(C2CC2)n1. The summed E-state index contributed by atoms with van der Waals surface area (Å²) in [7, 11) is 0. The van der Waals surface area contributed by atoms with Crippen LogP contribution in [0.4, 0.5) is 5.69 Å². The number of para-hydroxylation sites is 1. The van der Waals surface area contributed by atoms with Gasteiger partial charge in [0, 0.05) is 5.92 Å². The van der Waals surface area contributed by atoms with Crippen molar-refractivity contribution in [3.63, 3.8) is 0 Å². The first-order valence-electron chi connectivity index (χ1n) is 6.35. The third-order valence-electron chi connectivity index (χ3n) is 3.18. The van der Waals surface area contributed by atoms with Gasteiger partial charge in [-0.1, -0.05) is 6.07 Å². The number of aromatic carboxylic acids is 1. The smallest absolute Gasteiger partial charge is 0.339 e. The van der Waals surface area contributed by atoms with E-state index < -0.39 is 17.6 Å². The Bertz CT molecular complexity index is 721. The average molecular weight is 288 g/mol. The number of carboxylic acid groups (broad SMARTS) is 1. The van der Waals surface area contributed by atoms with Crippen LogP contribution in [-0.4, -0.2) is 37.3 Å². The zero-order chi connectivity index (χ0) is 15.0. The van der Waals surface area contributed by atoms with E-state index in [0.717, 1.165) is 12.8 Å². The van der Waals surface area contributed by atoms with E-state index in [-0.39, 0.29) is 17.1 Å². The molecule has 108 valence electrons. The average Bonchev–Trinajstić information content (AvgIpc) is 3.18. The number of hydrogen-bond donors (Lipinski definition) is 4. The van der Waals surface area contributed by atoms with Gasteiger partial charge in [0.05, 0.1) is 5.69 Å². The number of carboxylic acids is 1. The molecule has 0 aliphatic heterocycles. The molecule has 1 aliphatic rings. The molecule has 1 aromatic carbocycles. The number of aromatic nitrogens is 3. The highest BCUT2D eigenvalue weighted by atomic mass is 16.4. The Labute approximate surface area is 118 Å². The fourth-order valence-corrected chi connectivity index (χ4v) is 1.91. The van der Waals surface area contributed by atoms with E-state index in [1.165, 1.54) is 18.2 Å². The maximum absolute atomic E-state index is 12.0. The number of nitrogens with zero attached hydrogens (tertiary/aromatic N) is 2.